The maximum atomic E-state index is 12.4. The lowest BCUT2D eigenvalue weighted by Crippen LogP contribution is -2.50. The van der Waals surface area contributed by atoms with Crippen molar-refractivity contribution in [3.05, 3.63) is 65.7 Å². The Labute approximate surface area is 167 Å². The fraction of sp³-hybridized carbons (Fsp3) is 0.391. The molecule has 0 spiro atoms. The fourth-order valence-corrected chi connectivity index (χ4v) is 3.41. The Balaban J connectivity index is 1.53. The van der Waals surface area contributed by atoms with Crippen molar-refractivity contribution in [3.8, 4) is 11.8 Å². The highest BCUT2D eigenvalue weighted by Crippen LogP contribution is 2.24. The second-order valence-electron chi connectivity index (χ2n) is 7.37. The molecule has 1 amide bonds. The Bertz CT molecular complexity index is 804. The third-order valence-electron chi connectivity index (χ3n) is 5.18. The third-order valence-corrected chi connectivity index (χ3v) is 5.18. The van der Waals surface area contributed by atoms with E-state index in [0.29, 0.717) is 37.8 Å². The van der Waals surface area contributed by atoms with Gasteiger partial charge in [-0.15, -0.1) is 0 Å². The largest absolute Gasteiger partial charge is 0.484 e. The summed E-state index contributed by atoms with van der Waals surface area (Å²) in [5.74, 6) is 1.16. The predicted molar refractivity (Wildman–Crippen MR) is 109 cm³/mol. The van der Waals surface area contributed by atoms with Crippen LogP contribution in [0.1, 0.15) is 36.9 Å². The minimum atomic E-state index is -0.279. The number of hydrogen-bond acceptors (Lipinski definition) is 4. The van der Waals surface area contributed by atoms with Crippen molar-refractivity contribution in [2.24, 2.45) is 0 Å². The highest BCUT2D eigenvalue weighted by atomic mass is 16.5. The monoisotopic (exact) mass is 377 g/mol. The summed E-state index contributed by atoms with van der Waals surface area (Å²) in [7, 11) is 0. The van der Waals surface area contributed by atoms with Crippen LogP contribution in [0.5, 0.6) is 5.75 Å². The smallest absolute Gasteiger partial charge is 0.260 e. The average Bonchev–Trinajstić information content (AvgIpc) is 2.74. The van der Waals surface area contributed by atoms with Gasteiger partial charge >= 0.3 is 0 Å². The van der Waals surface area contributed by atoms with Crippen LogP contribution in [0.25, 0.3) is 0 Å². The molecule has 1 saturated heterocycles. The topological polar surface area (TPSA) is 56.6 Å². The summed E-state index contributed by atoms with van der Waals surface area (Å²) in [6, 6.07) is 19.8. The van der Waals surface area contributed by atoms with E-state index >= 15 is 0 Å². The summed E-state index contributed by atoms with van der Waals surface area (Å²) in [5, 5.41) is 9.70. The lowest BCUT2D eigenvalue weighted by Gasteiger charge is -2.37. The molecule has 1 fully saturated rings. The zero-order valence-electron chi connectivity index (χ0n) is 16.5. The van der Waals surface area contributed by atoms with Crippen molar-refractivity contribution < 1.29 is 9.53 Å². The van der Waals surface area contributed by atoms with E-state index in [1.807, 2.05) is 35.2 Å². The molecule has 2 aromatic rings. The number of ether oxygens (including phenoxy) is 1. The van der Waals surface area contributed by atoms with Crippen molar-refractivity contribution in [2.75, 3.05) is 32.8 Å². The molecule has 0 bridgehead atoms. The molecule has 1 heterocycles. The van der Waals surface area contributed by atoms with E-state index in [-0.39, 0.29) is 18.6 Å². The normalized spacial score (nSPS) is 15.9. The van der Waals surface area contributed by atoms with Gasteiger partial charge in [0.05, 0.1) is 6.07 Å². The minimum Gasteiger partial charge on any atom is -0.484 e. The summed E-state index contributed by atoms with van der Waals surface area (Å²) in [6.45, 7) is 6.95. The van der Waals surface area contributed by atoms with Crippen molar-refractivity contribution in [2.45, 2.75) is 25.8 Å². The second-order valence-corrected chi connectivity index (χ2v) is 7.37. The van der Waals surface area contributed by atoms with Gasteiger partial charge in [-0.25, -0.2) is 0 Å². The summed E-state index contributed by atoms with van der Waals surface area (Å²) in [4.78, 5) is 16.4. The maximum Gasteiger partial charge on any atom is 0.260 e. The minimum absolute atomic E-state index is 0.0155. The summed E-state index contributed by atoms with van der Waals surface area (Å²) >= 11 is 0. The molecule has 1 aliphatic heterocycles. The Hall–Kier alpha value is -2.84. The molecule has 1 aliphatic rings. The zero-order chi connectivity index (χ0) is 19.9. The Morgan fingerprint density at radius 1 is 1.00 bits per heavy atom. The number of para-hydroxylation sites is 1. The molecule has 3 rings (SSSR count). The van der Waals surface area contributed by atoms with Gasteiger partial charge in [0, 0.05) is 26.2 Å². The van der Waals surface area contributed by atoms with E-state index in [9.17, 15) is 10.1 Å². The number of hydrogen-bond donors (Lipinski definition) is 0. The highest BCUT2D eigenvalue weighted by Gasteiger charge is 2.27. The Morgan fingerprint density at radius 3 is 2.18 bits per heavy atom. The fourth-order valence-electron chi connectivity index (χ4n) is 3.41. The molecular formula is C23H27N3O2. The van der Waals surface area contributed by atoms with Crippen molar-refractivity contribution >= 4 is 5.91 Å². The molecule has 2 aromatic carbocycles. The number of carbonyl (C=O) groups excluding carboxylic acids is 1. The van der Waals surface area contributed by atoms with Gasteiger partial charge in [0.25, 0.3) is 5.91 Å². The number of nitriles is 1. The van der Waals surface area contributed by atoms with Gasteiger partial charge in [-0.05, 0) is 29.2 Å². The van der Waals surface area contributed by atoms with E-state index in [2.05, 4.69) is 49.1 Å². The first-order valence-electron chi connectivity index (χ1n) is 9.77. The van der Waals surface area contributed by atoms with E-state index in [1.165, 1.54) is 5.56 Å². The predicted octanol–water partition coefficient (Wildman–Crippen LogP) is 3.60. The maximum absolute atomic E-state index is 12.4. The Morgan fingerprint density at radius 2 is 1.61 bits per heavy atom. The molecule has 1 atom stereocenters. The SMILES string of the molecule is CC(C)c1ccc(C(C#N)N2CCN(C(=O)COc3ccccc3)CC2)cc1. The number of benzene rings is 2. The number of nitrogens with zero attached hydrogens (tertiary/aromatic N) is 3. The molecular weight excluding hydrogens is 350 g/mol. The lowest BCUT2D eigenvalue weighted by atomic mass is 9.98. The van der Waals surface area contributed by atoms with Crippen LogP contribution in [0, 0.1) is 11.3 Å². The molecule has 0 radical (unpaired) electrons. The van der Waals surface area contributed by atoms with Crippen LogP contribution in [0.4, 0.5) is 0 Å². The summed E-state index contributed by atoms with van der Waals surface area (Å²) < 4.78 is 5.56. The molecule has 0 aromatic heterocycles. The molecule has 0 saturated carbocycles. The van der Waals surface area contributed by atoms with Crippen molar-refractivity contribution in [1.82, 2.24) is 9.80 Å². The quantitative estimate of drug-likeness (QED) is 0.772. The molecule has 5 heteroatoms. The first-order valence-corrected chi connectivity index (χ1v) is 9.77. The highest BCUT2D eigenvalue weighted by molar-refractivity contribution is 5.77. The molecule has 146 valence electrons. The van der Waals surface area contributed by atoms with Gasteiger partial charge in [-0.1, -0.05) is 56.3 Å². The van der Waals surface area contributed by atoms with Gasteiger partial charge in [0.15, 0.2) is 6.61 Å². The van der Waals surface area contributed by atoms with Crippen LogP contribution in [-0.2, 0) is 4.79 Å². The average molecular weight is 377 g/mol. The van der Waals surface area contributed by atoms with Gasteiger partial charge in [-0.2, -0.15) is 5.26 Å². The molecule has 1 unspecified atom stereocenters. The lowest BCUT2D eigenvalue weighted by molar-refractivity contribution is -0.135. The molecule has 0 aliphatic carbocycles. The first kappa shape index (κ1) is 19.9. The molecule has 28 heavy (non-hydrogen) atoms. The van der Waals surface area contributed by atoms with Crippen molar-refractivity contribution in [3.63, 3.8) is 0 Å². The van der Waals surface area contributed by atoms with Gasteiger partial charge < -0.3 is 9.64 Å². The van der Waals surface area contributed by atoms with Gasteiger partial charge in [-0.3, -0.25) is 9.69 Å². The number of amides is 1. The first-order chi connectivity index (χ1) is 13.6. The van der Waals surface area contributed by atoms with Gasteiger partial charge in [0.2, 0.25) is 0 Å². The van der Waals surface area contributed by atoms with Crippen LogP contribution in [0.3, 0.4) is 0 Å². The summed E-state index contributed by atoms with van der Waals surface area (Å²) in [5.41, 5.74) is 2.29. The van der Waals surface area contributed by atoms with Crippen molar-refractivity contribution in [1.29, 1.82) is 5.26 Å². The van der Waals surface area contributed by atoms with Crippen LogP contribution >= 0.6 is 0 Å². The van der Waals surface area contributed by atoms with Gasteiger partial charge in [0.1, 0.15) is 11.8 Å². The number of carbonyl (C=O) groups is 1. The molecule has 5 nitrogen and oxygen atoms in total. The standard InChI is InChI=1S/C23H27N3O2/c1-18(2)19-8-10-20(11-9-19)22(16-24)25-12-14-26(15-13-25)23(27)17-28-21-6-4-3-5-7-21/h3-11,18,22H,12-15,17H2,1-2H3. The van der Waals surface area contributed by atoms with E-state index in [4.69, 9.17) is 4.74 Å². The second kappa shape index (κ2) is 9.38. The number of piperazine rings is 1. The third kappa shape index (κ3) is 4.90. The summed E-state index contributed by atoms with van der Waals surface area (Å²) in [6.07, 6.45) is 0. The number of rotatable bonds is 6. The zero-order valence-corrected chi connectivity index (χ0v) is 16.5. The van der Waals surface area contributed by atoms with E-state index < -0.39 is 0 Å². The van der Waals surface area contributed by atoms with E-state index in [0.717, 1.165) is 5.56 Å². The van der Waals surface area contributed by atoms with Crippen LogP contribution < -0.4 is 4.74 Å². The van der Waals surface area contributed by atoms with Crippen LogP contribution in [0.15, 0.2) is 54.6 Å². The van der Waals surface area contributed by atoms with Crippen LogP contribution in [0.2, 0.25) is 0 Å². The molecule has 0 N–H and O–H groups in total. The van der Waals surface area contributed by atoms with Crippen LogP contribution in [-0.4, -0.2) is 48.5 Å². The van der Waals surface area contributed by atoms with E-state index in [1.54, 1.807) is 0 Å². The Kier molecular flexibility index (Phi) is 6.67.